The van der Waals surface area contributed by atoms with Gasteiger partial charge in [0.15, 0.2) is 0 Å². The Hall–Kier alpha value is -1.44. The molecule has 1 unspecified atom stereocenters. The van der Waals surface area contributed by atoms with Gasteiger partial charge >= 0.3 is 0 Å². The fourth-order valence-corrected chi connectivity index (χ4v) is 3.82. The molecular weight excluding hydrogens is 305 g/mol. The summed E-state index contributed by atoms with van der Waals surface area (Å²) in [5.41, 5.74) is 0.477. The molecule has 1 aromatic carbocycles. The van der Waals surface area contributed by atoms with Gasteiger partial charge in [-0.25, -0.2) is 17.5 Å². The number of rotatable bonds is 4. The van der Waals surface area contributed by atoms with Crippen molar-refractivity contribution < 1.29 is 12.8 Å². The van der Waals surface area contributed by atoms with Crippen molar-refractivity contribution in [3.63, 3.8) is 0 Å². The predicted octanol–water partition coefficient (Wildman–Crippen LogP) is 1.18. The molecule has 2 heterocycles. The molecule has 0 aliphatic carbocycles. The molecule has 0 aromatic heterocycles. The molecule has 5 nitrogen and oxygen atoms in total. The number of benzene rings is 1. The van der Waals surface area contributed by atoms with Crippen molar-refractivity contribution in [2.45, 2.75) is 17.4 Å². The minimum atomic E-state index is -3.61. The van der Waals surface area contributed by atoms with Gasteiger partial charge in [-0.2, -0.15) is 0 Å². The summed E-state index contributed by atoms with van der Waals surface area (Å²) in [5.74, 6) is -0.489. The zero-order valence-electron chi connectivity index (χ0n) is 12.5. The van der Waals surface area contributed by atoms with Gasteiger partial charge in [-0.3, -0.25) is 4.90 Å². The van der Waals surface area contributed by atoms with Crippen molar-refractivity contribution in [2.75, 3.05) is 38.1 Å². The summed E-state index contributed by atoms with van der Waals surface area (Å²) < 4.78 is 39.9. The van der Waals surface area contributed by atoms with Crippen LogP contribution in [0.2, 0.25) is 0 Å². The van der Waals surface area contributed by atoms with E-state index < -0.39 is 15.8 Å². The number of hydrogen-bond acceptors (Lipinski definition) is 4. The first-order chi connectivity index (χ1) is 10.5. The smallest absolute Gasteiger partial charge is 0.240 e. The van der Waals surface area contributed by atoms with Crippen molar-refractivity contribution in [2.24, 2.45) is 0 Å². The predicted molar refractivity (Wildman–Crippen MR) is 84.0 cm³/mol. The van der Waals surface area contributed by atoms with Crippen LogP contribution in [0.1, 0.15) is 6.42 Å². The van der Waals surface area contributed by atoms with Crippen molar-refractivity contribution in [1.82, 2.24) is 9.62 Å². The van der Waals surface area contributed by atoms with Crippen LogP contribution in [0, 0.1) is 5.82 Å². The van der Waals surface area contributed by atoms with Crippen LogP contribution in [0.4, 0.5) is 10.1 Å². The van der Waals surface area contributed by atoms with Crippen LogP contribution in [0.5, 0.6) is 0 Å². The van der Waals surface area contributed by atoms with Gasteiger partial charge in [-0.05, 0) is 31.7 Å². The van der Waals surface area contributed by atoms with E-state index >= 15 is 0 Å². The first-order valence-corrected chi connectivity index (χ1v) is 8.86. The highest BCUT2D eigenvalue weighted by molar-refractivity contribution is 7.89. The van der Waals surface area contributed by atoms with E-state index in [4.69, 9.17) is 0 Å². The van der Waals surface area contributed by atoms with Crippen LogP contribution in [0.3, 0.4) is 0 Å². The van der Waals surface area contributed by atoms with Crippen LogP contribution in [0.15, 0.2) is 35.2 Å². The summed E-state index contributed by atoms with van der Waals surface area (Å²) in [5, 5.41) is 0. The summed E-state index contributed by atoms with van der Waals surface area (Å²) >= 11 is 0. The number of nitrogens with one attached hydrogen (secondary N) is 1. The fourth-order valence-electron chi connectivity index (χ4n) is 3.08. The van der Waals surface area contributed by atoms with Gasteiger partial charge in [0.25, 0.3) is 0 Å². The third-order valence-corrected chi connectivity index (χ3v) is 5.78. The lowest BCUT2D eigenvalue weighted by Crippen LogP contribution is -2.35. The quantitative estimate of drug-likeness (QED) is 0.845. The zero-order chi connectivity index (χ0) is 15.7. The molecular formula is C15H20FN3O2S. The van der Waals surface area contributed by atoms with E-state index in [1.165, 1.54) is 13.1 Å². The second-order valence-electron chi connectivity index (χ2n) is 5.63. The lowest BCUT2D eigenvalue weighted by Gasteiger charge is -2.24. The Morgan fingerprint density at radius 2 is 2.00 bits per heavy atom. The molecule has 1 atom stereocenters. The molecule has 2 aliphatic rings. The second kappa shape index (κ2) is 5.98. The highest BCUT2D eigenvalue weighted by atomic mass is 32.2. The van der Waals surface area contributed by atoms with Gasteiger partial charge in [-0.1, -0.05) is 12.2 Å². The van der Waals surface area contributed by atoms with Gasteiger partial charge in [0.05, 0.1) is 10.6 Å². The number of sulfonamides is 1. The molecule has 0 radical (unpaired) electrons. The van der Waals surface area contributed by atoms with E-state index in [-0.39, 0.29) is 4.90 Å². The number of anilines is 1. The summed E-state index contributed by atoms with van der Waals surface area (Å²) in [6, 6.07) is 4.53. The van der Waals surface area contributed by atoms with Crippen LogP contribution in [-0.2, 0) is 10.0 Å². The van der Waals surface area contributed by atoms with E-state index in [0.29, 0.717) is 11.7 Å². The van der Waals surface area contributed by atoms with Gasteiger partial charge in [0.2, 0.25) is 10.0 Å². The maximum Gasteiger partial charge on any atom is 0.240 e. The van der Waals surface area contributed by atoms with E-state index in [2.05, 4.69) is 21.8 Å². The molecule has 1 saturated heterocycles. The molecule has 120 valence electrons. The van der Waals surface area contributed by atoms with E-state index in [0.717, 1.165) is 38.7 Å². The Labute approximate surface area is 130 Å². The summed E-state index contributed by atoms with van der Waals surface area (Å²) in [4.78, 5) is 4.32. The first-order valence-electron chi connectivity index (χ1n) is 7.38. The molecule has 22 heavy (non-hydrogen) atoms. The molecule has 7 heteroatoms. The van der Waals surface area contributed by atoms with Crippen molar-refractivity contribution in [3.8, 4) is 0 Å². The van der Waals surface area contributed by atoms with Crippen molar-refractivity contribution in [3.05, 3.63) is 36.2 Å². The highest BCUT2D eigenvalue weighted by Gasteiger charge is 2.29. The van der Waals surface area contributed by atoms with Crippen LogP contribution in [-0.4, -0.2) is 52.6 Å². The molecule has 0 spiro atoms. The monoisotopic (exact) mass is 325 g/mol. The first kappa shape index (κ1) is 15.5. The SMILES string of the molecule is CNS(=O)(=O)c1ccc(N2CCC(N3CC=CC3)C2)c(F)c1. The van der Waals surface area contributed by atoms with Gasteiger partial charge in [0.1, 0.15) is 5.82 Å². The molecule has 2 aliphatic heterocycles. The average Bonchev–Trinajstić information content (AvgIpc) is 3.18. The lowest BCUT2D eigenvalue weighted by molar-refractivity contribution is 0.271. The maximum atomic E-state index is 14.3. The Kier molecular flexibility index (Phi) is 4.20. The van der Waals surface area contributed by atoms with Gasteiger partial charge in [-0.15, -0.1) is 0 Å². The summed E-state index contributed by atoms with van der Waals surface area (Å²) in [6.07, 6.45) is 5.30. The average molecular weight is 325 g/mol. The van der Waals surface area contributed by atoms with Crippen LogP contribution >= 0.6 is 0 Å². The van der Waals surface area contributed by atoms with Crippen molar-refractivity contribution >= 4 is 15.7 Å². The van der Waals surface area contributed by atoms with E-state index in [1.807, 2.05) is 4.90 Å². The van der Waals surface area contributed by atoms with Crippen molar-refractivity contribution in [1.29, 1.82) is 0 Å². The standard InChI is InChI=1S/C15H20FN3O2S/c1-17-22(20,21)13-4-5-15(14(16)10-13)19-9-6-12(11-19)18-7-2-3-8-18/h2-5,10,12,17H,6-9,11H2,1H3. The minimum Gasteiger partial charge on any atom is -0.368 e. The molecule has 0 saturated carbocycles. The number of halogens is 1. The highest BCUT2D eigenvalue weighted by Crippen LogP contribution is 2.28. The zero-order valence-corrected chi connectivity index (χ0v) is 13.3. The number of nitrogens with zero attached hydrogens (tertiary/aromatic N) is 2. The van der Waals surface area contributed by atoms with Crippen LogP contribution in [0.25, 0.3) is 0 Å². The van der Waals surface area contributed by atoms with Gasteiger partial charge < -0.3 is 4.90 Å². The molecule has 0 amide bonds. The third-order valence-electron chi connectivity index (χ3n) is 4.37. The third kappa shape index (κ3) is 2.88. The Morgan fingerprint density at radius 3 is 2.64 bits per heavy atom. The summed E-state index contributed by atoms with van der Waals surface area (Å²) in [7, 11) is -2.29. The molecule has 3 rings (SSSR count). The van der Waals surface area contributed by atoms with E-state index in [1.54, 1.807) is 6.07 Å². The Bertz CT molecular complexity index is 682. The molecule has 1 fully saturated rings. The minimum absolute atomic E-state index is 0.0456. The summed E-state index contributed by atoms with van der Waals surface area (Å²) in [6.45, 7) is 3.48. The maximum absolute atomic E-state index is 14.3. The Morgan fingerprint density at radius 1 is 1.27 bits per heavy atom. The molecule has 1 aromatic rings. The normalized spacial score (nSPS) is 22.6. The topological polar surface area (TPSA) is 52.7 Å². The lowest BCUT2D eigenvalue weighted by atomic mass is 10.2. The molecule has 0 bridgehead atoms. The van der Waals surface area contributed by atoms with E-state index in [9.17, 15) is 12.8 Å². The largest absolute Gasteiger partial charge is 0.368 e. The second-order valence-corrected chi connectivity index (χ2v) is 7.52. The fraction of sp³-hybridized carbons (Fsp3) is 0.467. The Balaban J connectivity index is 1.76. The van der Waals surface area contributed by atoms with Crippen LogP contribution < -0.4 is 9.62 Å². The number of hydrogen-bond donors (Lipinski definition) is 1. The van der Waals surface area contributed by atoms with Gasteiger partial charge in [0, 0.05) is 32.2 Å². The molecule has 1 N–H and O–H groups in total.